The molecule has 2 rings (SSSR count). The Balaban J connectivity index is 1.63. The summed E-state index contributed by atoms with van der Waals surface area (Å²) in [6.45, 7) is 13.6. The largest absolute Gasteiger partial charge is 0.444 e. The average Bonchev–Trinajstić information content (AvgIpc) is 3.18. The summed E-state index contributed by atoms with van der Waals surface area (Å²) < 4.78 is 5.45. The fourth-order valence-electron chi connectivity index (χ4n) is 2.96. The molecule has 0 aliphatic carbocycles. The van der Waals surface area contributed by atoms with Crippen LogP contribution in [0.2, 0.25) is 0 Å². The molecule has 0 aromatic carbocycles. The quantitative estimate of drug-likeness (QED) is 0.558. The Morgan fingerprint density at radius 2 is 2.00 bits per heavy atom. The molecule has 1 unspecified atom stereocenters. The van der Waals surface area contributed by atoms with Gasteiger partial charge in [0.15, 0.2) is 5.96 Å². The maximum absolute atomic E-state index is 12.1. The molecule has 1 aromatic rings. The molecule has 1 aliphatic heterocycles. The van der Waals surface area contributed by atoms with Crippen LogP contribution in [0.3, 0.4) is 0 Å². The minimum Gasteiger partial charge on any atom is -0.444 e. The molecule has 1 aromatic heterocycles. The molecule has 1 saturated heterocycles. The zero-order valence-electron chi connectivity index (χ0n) is 17.8. The van der Waals surface area contributed by atoms with Crippen LogP contribution in [0.1, 0.15) is 39.2 Å². The van der Waals surface area contributed by atoms with Crippen LogP contribution >= 0.6 is 11.3 Å². The summed E-state index contributed by atoms with van der Waals surface area (Å²) in [5.41, 5.74) is 0.915. The van der Waals surface area contributed by atoms with E-state index in [1.54, 1.807) is 23.3 Å². The van der Waals surface area contributed by atoms with E-state index in [1.165, 1.54) is 5.56 Å². The number of hydrogen-bond donors (Lipinski definition) is 2. The van der Waals surface area contributed by atoms with E-state index in [0.29, 0.717) is 19.0 Å². The monoisotopic (exact) mass is 409 g/mol. The fraction of sp³-hybridized carbons (Fsp3) is 0.700. The smallest absolute Gasteiger partial charge is 0.410 e. The van der Waals surface area contributed by atoms with Crippen LogP contribution < -0.4 is 10.6 Å². The molecule has 0 radical (unpaired) electrons. The number of aliphatic imine (C=N–C) groups is 1. The SMILES string of the molecule is CN=C(NCCN1CCN(C(=O)OC(C)(C)C)CC1)NCC(C)c1ccsc1. The van der Waals surface area contributed by atoms with Gasteiger partial charge in [-0.3, -0.25) is 9.89 Å². The van der Waals surface area contributed by atoms with E-state index in [-0.39, 0.29) is 6.09 Å². The van der Waals surface area contributed by atoms with Crippen molar-refractivity contribution >= 4 is 23.4 Å². The Labute approximate surface area is 173 Å². The van der Waals surface area contributed by atoms with Gasteiger partial charge in [-0.1, -0.05) is 6.92 Å². The zero-order valence-corrected chi connectivity index (χ0v) is 18.6. The molecule has 0 spiro atoms. The van der Waals surface area contributed by atoms with Crippen molar-refractivity contribution in [1.82, 2.24) is 20.4 Å². The lowest BCUT2D eigenvalue weighted by molar-refractivity contribution is 0.0147. The Morgan fingerprint density at radius 1 is 1.29 bits per heavy atom. The molecule has 0 bridgehead atoms. The number of thiophene rings is 1. The van der Waals surface area contributed by atoms with Crippen molar-refractivity contribution in [3.8, 4) is 0 Å². The van der Waals surface area contributed by atoms with Gasteiger partial charge in [-0.2, -0.15) is 11.3 Å². The fourth-order valence-corrected chi connectivity index (χ4v) is 3.74. The summed E-state index contributed by atoms with van der Waals surface area (Å²) >= 11 is 1.73. The van der Waals surface area contributed by atoms with Crippen LogP contribution in [0.4, 0.5) is 4.79 Å². The Morgan fingerprint density at radius 3 is 2.57 bits per heavy atom. The van der Waals surface area contributed by atoms with Crippen LogP contribution in [-0.2, 0) is 4.74 Å². The zero-order chi connectivity index (χ0) is 20.6. The van der Waals surface area contributed by atoms with Gasteiger partial charge in [-0.15, -0.1) is 0 Å². The van der Waals surface area contributed by atoms with Crippen molar-refractivity contribution in [1.29, 1.82) is 0 Å². The third-order valence-corrected chi connectivity index (χ3v) is 5.36. The molecule has 1 fully saturated rings. The number of piperazine rings is 1. The van der Waals surface area contributed by atoms with E-state index < -0.39 is 5.60 Å². The van der Waals surface area contributed by atoms with Gasteiger partial charge in [-0.05, 0) is 49.1 Å². The first-order valence-corrected chi connectivity index (χ1v) is 10.9. The van der Waals surface area contributed by atoms with Crippen molar-refractivity contribution in [2.45, 2.75) is 39.2 Å². The lowest BCUT2D eigenvalue weighted by Gasteiger charge is -2.35. The number of rotatable bonds is 6. The van der Waals surface area contributed by atoms with Gasteiger partial charge in [0.05, 0.1) is 0 Å². The van der Waals surface area contributed by atoms with E-state index >= 15 is 0 Å². The van der Waals surface area contributed by atoms with Crippen molar-refractivity contribution in [3.05, 3.63) is 22.4 Å². The van der Waals surface area contributed by atoms with Gasteiger partial charge in [0, 0.05) is 52.9 Å². The van der Waals surface area contributed by atoms with Crippen molar-refractivity contribution in [2.24, 2.45) is 4.99 Å². The maximum atomic E-state index is 12.1. The standard InChI is InChI=1S/C20H35N5O2S/c1-16(17-6-13-28-15-17)14-23-18(21-5)22-7-8-24-9-11-25(12-10-24)19(26)27-20(2,3)4/h6,13,15-16H,7-12,14H2,1-5H3,(H2,21,22,23). The molecule has 2 N–H and O–H groups in total. The van der Waals surface area contributed by atoms with Crippen molar-refractivity contribution < 1.29 is 9.53 Å². The van der Waals surface area contributed by atoms with Gasteiger partial charge < -0.3 is 20.3 Å². The summed E-state index contributed by atoms with van der Waals surface area (Å²) in [5, 5.41) is 11.1. The summed E-state index contributed by atoms with van der Waals surface area (Å²) in [4.78, 5) is 20.6. The van der Waals surface area contributed by atoms with Crippen molar-refractivity contribution in [3.63, 3.8) is 0 Å². The van der Waals surface area contributed by atoms with Crippen LogP contribution in [0.25, 0.3) is 0 Å². The number of hydrogen-bond acceptors (Lipinski definition) is 5. The highest BCUT2D eigenvalue weighted by molar-refractivity contribution is 7.07. The lowest BCUT2D eigenvalue weighted by atomic mass is 10.1. The number of amides is 1. The van der Waals surface area contributed by atoms with Crippen LogP contribution in [0.15, 0.2) is 21.8 Å². The molecular formula is C20H35N5O2S. The van der Waals surface area contributed by atoms with Gasteiger partial charge in [-0.25, -0.2) is 4.79 Å². The van der Waals surface area contributed by atoms with Crippen LogP contribution in [0.5, 0.6) is 0 Å². The first-order valence-electron chi connectivity index (χ1n) is 9.95. The third-order valence-electron chi connectivity index (χ3n) is 4.66. The molecule has 1 amide bonds. The minimum absolute atomic E-state index is 0.213. The average molecular weight is 410 g/mol. The number of ether oxygens (including phenoxy) is 1. The summed E-state index contributed by atoms with van der Waals surface area (Å²) in [6, 6.07) is 2.17. The van der Waals surface area contributed by atoms with Crippen LogP contribution in [0, 0.1) is 0 Å². The van der Waals surface area contributed by atoms with E-state index in [0.717, 1.165) is 38.7 Å². The molecule has 7 nitrogen and oxygen atoms in total. The normalized spacial score (nSPS) is 17.3. The molecule has 1 atom stereocenters. The molecule has 28 heavy (non-hydrogen) atoms. The number of nitrogens with zero attached hydrogens (tertiary/aromatic N) is 3. The third kappa shape index (κ3) is 7.67. The first kappa shape index (κ1) is 22.5. The van der Waals surface area contributed by atoms with Gasteiger partial charge in [0.25, 0.3) is 0 Å². The Bertz CT molecular complexity index is 619. The second-order valence-electron chi connectivity index (χ2n) is 8.15. The Hall–Kier alpha value is -1.80. The molecule has 8 heteroatoms. The summed E-state index contributed by atoms with van der Waals surface area (Å²) in [7, 11) is 1.80. The predicted molar refractivity (Wildman–Crippen MR) is 116 cm³/mol. The Kier molecular flexibility index (Phi) is 8.57. The molecule has 1 aliphatic rings. The summed E-state index contributed by atoms with van der Waals surface area (Å²) in [5.74, 6) is 1.28. The number of carbonyl (C=O) groups excluding carboxylic acids is 1. The number of carbonyl (C=O) groups is 1. The lowest BCUT2D eigenvalue weighted by Crippen LogP contribution is -2.51. The minimum atomic E-state index is -0.443. The second kappa shape index (κ2) is 10.7. The maximum Gasteiger partial charge on any atom is 0.410 e. The van der Waals surface area contributed by atoms with Gasteiger partial charge >= 0.3 is 6.09 Å². The highest BCUT2D eigenvalue weighted by Gasteiger charge is 2.25. The first-order chi connectivity index (χ1) is 13.3. The highest BCUT2D eigenvalue weighted by Crippen LogP contribution is 2.17. The summed E-state index contributed by atoms with van der Waals surface area (Å²) in [6.07, 6.45) is -0.213. The van der Waals surface area contributed by atoms with E-state index in [9.17, 15) is 4.79 Å². The van der Waals surface area contributed by atoms with Crippen LogP contribution in [-0.4, -0.2) is 80.3 Å². The topological polar surface area (TPSA) is 69.2 Å². The molecule has 2 heterocycles. The van der Waals surface area contributed by atoms with E-state index in [2.05, 4.69) is 44.3 Å². The van der Waals surface area contributed by atoms with E-state index in [4.69, 9.17) is 4.74 Å². The number of nitrogens with one attached hydrogen (secondary N) is 2. The van der Waals surface area contributed by atoms with Gasteiger partial charge in [0.1, 0.15) is 5.60 Å². The predicted octanol–water partition coefficient (Wildman–Crippen LogP) is 2.57. The van der Waals surface area contributed by atoms with E-state index in [1.807, 2.05) is 20.8 Å². The van der Waals surface area contributed by atoms with Crippen molar-refractivity contribution in [2.75, 3.05) is 52.9 Å². The molecule has 158 valence electrons. The second-order valence-corrected chi connectivity index (χ2v) is 8.93. The molecular weight excluding hydrogens is 374 g/mol. The highest BCUT2D eigenvalue weighted by atomic mass is 32.1. The molecule has 0 saturated carbocycles. The van der Waals surface area contributed by atoms with Gasteiger partial charge in [0.2, 0.25) is 0 Å². The number of guanidine groups is 1.